The predicted octanol–water partition coefficient (Wildman–Crippen LogP) is 3.77. The first-order valence-corrected chi connectivity index (χ1v) is 7.11. The molecule has 0 bridgehead atoms. The van der Waals surface area contributed by atoms with Crippen LogP contribution in [0.3, 0.4) is 0 Å². The predicted molar refractivity (Wildman–Crippen MR) is 75.2 cm³/mol. The first kappa shape index (κ1) is 14.9. The van der Waals surface area contributed by atoms with Crippen LogP contribution in [-0.2, 0) is 6.42 Å². The normalized spacial score (nSPS) is 12.4. The molecular weight excluding hydrogens is 283 g/mol. The van der Waals surface area contributed by atoms with Crippen LogP contribution < -0.4 is 5.73 Å². The molecule has 0 fully saturated rings. The van der Waals surface area contributed by atoms with Crippen LogP contribution in [0.25, 0.3) is 0 Å². The van der Waals surface area contributed by atoms with Crippen molar-refractivity contribution < 1.29 is 13.2 Å². The Balaban J connectivity index is 1.91. The van der Waals surface area contributed by atoms with Gasteiger partial charge in [-0.25, -0.2) is 13.2 Å². The van der Waals surface area contributed by atoms with E-state index >= 15 is 0 Å². The lowest BCUT2D eigenvalue weighted by molar-refractivity contribution is 0.506. The first-order chi connectivity index (χ1) is 9.56. The van der Waals surface area contributed by atoms with Gasteiger partial charge >= 0.3 is 0 Å². The van der Waals surface area contributed by atoms with E-state index in [9.17, 15) is 13.2 Å². The maximum absolute atomic E-state index is 13.4. The van der Waals surface area contributed by atoms with E-state index in [1.54, 1.807) is 18.2 Å². The zero-order chi connectivity index (χ0) is 14.5. The monoisotopic (exact) mass is 297 g/mol. The number of hydrogen-bond acceptors (Lipinski definition) is 2. The van der Waals surface area contributed by atoms with Crippen molar-refractivity contribution in [3.05, 3.63) is 65.5 Å². The smallest absolute Gasteiger partial charge is 0.159 e. The van der Waals surface area contributed by atoms with E-state index in [0.717, 1.165) is 12.1 Å². The Morgan fingerprint density at radius 1 is 0.950 bits per heavy atom. The van der Waals surface area contributed by atoms with Crippen molar-refractivity contribution in [1.29, 1.82) is 0 Å². The molecule has 1 unspecified atom stereocenters. The molecule has 1 atom stereocenters. The van der Waals surface area contributed by atoms with Gasteiger partial charge in [0.1, 0.15) is 5.82 Å². The van der Waals surface area contributed by atoms with Gasteiger partial charge < -0.3 is 5.73 Å². The second kappa shape index (κ2) is 6.81. The second-order valence-electron chi connectivity index (χ2n) is 4.45. The zero-order valence-electron chi connectivity index (χ0n) is 10.7. The van der Waals surface area contributed by atoms with Crippen molar-refractivity contribution in [3.63, 3.8) is 0 Å². The minimum Gasteiger partial charge on any atom is -0.327 e. The summed E-state index contributed by atoms with van der Waals surface area (Å²) in [7, 11) is 0. The molecular formula is C15H14F3NS. The molecule has 0 amide bonds. The maximum atomic E-state index is 13.4. The van der Waals surface area contributed by atoms with Crippen molar-refractivity contribution in [2.45, 2.75) is 17.4 Å². The summed E-state index contributed by atoms with van der Waals surface area (Å²) in [6, 6.07) is 9.93. The van der Waals surface area contributed by atoms with E-state index in [-0.39, 0.29) is 11.9 Å². The summed E-state index contributed by atoms with van der Waals surface area (Å²) >= 11 is 1.31. The van der Waals surface area contributed by atoms with Crippen LogP contribution in [-0.4, -0.2) is 11.8 Å². The number of rotatable bonds is 5. The average molecular weight is 297 g/mol. The van der Waals surface area contributed by atoms with E-state index in [2.05, 4.69) is 0 Å². The molecule has 2 N–H and O–H groups in total. The minimum absolute atomic E-state index is 0.260. The summed E-state index contributed by atoms with van der Waals surface area (Å²) in [5.74, 6) is -1.53. The quantitative estimate of drug-likeness (QED) is 0.850. The molecule has 106 valence electrons. The molecule has 0 aliphatic rings. The van der Waals surface area contributed by atoms with Crippen molar-refractivity contribution >= 4 is 11.8 Å². The van der Waals surface area contributed by atoms with Gasteiger partial charge in [-0.15, -0.1) is 11.8 Å². The van der Waals surface area contributed by atoms with Crippen LogP contribution in [0.4, 0.5) is 13.2 Å². The van der Waals surface area contributed by atoms with Crippen LogP contribution in [0.2, 0.25) is 0 Å². The van der Waals surface area contributed by atoms with E-state index < -0.39 is 11.6 Å². The Kier molecular flexibility index (Phi) is 5.09. The Hall–Kier alpha value is -1.46. The first-order valence-electron chi connectivity index (χ1n) is 6.13. The Labute approximate surface area is 120 Å². The summed E-state index contributed by atoms with van der Waals surface area (Å²) in [6.07, 6.45) is 0.415. The Morgan fingerprint density at radius 2 is 1.70 bits per heavy atom. The SMILES string of the molecule is NC(CSc1ccccc1F)Cc1ccc(F)c(F)c1. The average Bonchev–Trinajstić information content (AvgIpc) is 2.42. The van der Waals surface area contributed by atoms with Crippen LogP contribution in [0.15, 0.2) is 47.4 Å². The summed E-state index contributed by atoms with van der Waals surface area (Å²) in [5.41, 5.74) is 6.56. The fourth-order valence-corrected chi connectivity index (χ4v) is 2.68. The lowest BCUT2D eigenvalue weighted by atomic mass is 10.1. The highest BCUT2D eigenvalue weighted by Gasteiger charge is 2.09. The molecule has 0 aliphatic heterocycles. The molecule has 5 heteroatoms. The fraction of sp³-hybridized carbons (Fsp3) is 0.200. The number of nitrogens with two attached hydrogens (primary N) is 1. The van der Waals surface area contributed by atoms with Gasteiger partial charge in [-0.3, -0.25) is 0 Å². The number of hydrogen-bond donors (Lipinski definition) is 1. The van der Waals surface area contributed by atoms with Gasteiger partial charge in [-0.2, -0.15) is 0 Å². The Morgan fingerprint density at radius 3 is 2.40 bits per heavy atom. The number of halogens is 3. The summed E-state index contributed by atoms with van der Waals surface area (Å²) in [5, 5.41) is 0. The van der Waals surface area contributed by atoms with Gasteiger partial charge in [0, 0.05) is 16.7 Å². The summed E-state index contributed by atoms with van der Waals surface area (Å²) in [4.78, 5) is 0.535. The molecule has 0 saturated carbocycles. The van der Waals surface area contributed by atoms with Crippen molar-refractivity contribution in [2.24, 2.45) is 5.73 Å². The molecule has 2 aromatic carbocycles. The number of thioether (sulfide) groups is 1. The second-order valence-corrected chi connectivity index (χ2v) is 5.52. The summed E-state index contributed by atoms with van der Waals surface area (Å²) < 4.78 is 39.3. The highest BCUT2D eigenvalue weighted by molar-refractivity contribution is 7.99. The summed E-state index contributed by atoms with van der Waals surface area (Å²) in [6.45, 7) is 0. The van der Waals surface area contributed by atoms with E-state index in [1.165, 1.54) is 23.9 Å². The molecule has 20 heavy (non-hydrogen) atoms. The molecule has 0 aliphatic carbocycles. The highest BCUT2D eigenvalue weighted by Crippen LogP contribution is 2.22. The minimum atomic E-state index is -0.878. The third kappa shape index (κ3) is 4.02. The third-order valence-electron chi connectivity index (χ3n) is 2.77. The molecule has 0 radical (unpaired) electrons. The van der Waals surface area contributed by atoms with Gasteiger partial charge in [0.2, 0.25) is 0 Å². The van der Waals surface area contributed by atoms with E-state index in [0.29, 0.717) is 22.6 Å². The lowest BCUT2D eigenvalue weighted by Gasteiger charge is -2.12. The molecule has 0 heterocycles. The standard InChI is InChI=1S/C15H14F3NS/c16-12-6-5-10(8-14(12)18)7-11(19)9-20-15-4-2-1-3-13(15)17/h1-6,8,11H,7,9,19H2. The molecule has 2 aromatic rings. The van der Waals surface area contributed by atoms with Crippen molar-refractivity contribution in [1.82, 2.24) is 0 Å². The van der Waals surface area contributed by atoms with E-state index in [1.807, 2.05) is 0 Å². The molecule has 0 aromatic heterocycles. The van der Waals surface area contributed by atoms with Crippen LogP contribution >= 0.6 is 11.8 Å². The van der Waals surface area contributed by atoms with E-state index in [4.69, 9.17) is 5.73 Å². The van der Waals surface area contributed by atoms with Crippen molar-refractivity contribution in [3.8, 4) is 0 Å². The Bertz CT molecular complexity index is 589. The van der Waals surface area contributed by atoms with Gasteiger partial charge in [0.15, 0.2) is 11.6 Å². The largest absolute Gasteiger partial charge is 0.327 e. The molecule has 1 nitrogen and oxygen atoms in total. The topological polar surface area (TPSA) is 26.0 Å². The third-order valence-corrected chi connectivity index (χ3v) is 4.01. The lowest BCUT2D eigenvalue weighted by Crippen LogP contribution is -2.25. The molecule has 0 spiro atoms. The zero-order valence-corrected chi connectivity index (χ0v) is 11.5. The fourth-order valence-electron chi connectivity index (χ4n) is 1.79. The van der Waals surface area contributed by atoms with Gasteiger partial charge in [-0.05, 0) is 36.2 Å². The van der Waals surface area contributed by atoms with Gasteiger partial charge in [0.25, 0.3) is 0 Å². The van der Waals surface area contributed by atoms with Crippen LogP contribution in [0.1, 0.15) is 5.56 Å². The molecule has 2 rings (SSSR count). The van der Waals surface area contributed by atoms with Crippen molar-refractivity contribution in [2.75, 3.05) is 5.75 Å². The molecule has 0 saturated heterocycles. The van der Waals surface area contributed by atoms with Gasteiger partial charge in [0.05, 0.1) is 0 Å². The maximum Gasteiger partial charge on any atom is 0.159 e. The number of benzene rings is 2. The van der Waals surface area contributed by atoms with Crippen LogP contribution in [0, 0.1) is 17.5 Å². The highest BCUT2D eigenvalue weighted by atomic mass is 32.2. The van der Waals surface area contributed by atoms with Gasteiger partial charge in [-0.1, -0.05) is 18.2 Å². The van der Waals surface area contributed by atoms with Crippen LogP contribution in [0.5, 0.6) is 0 Å².